The van der Waals surface area contributed by atoms with Gasteiger partial charge in [-0.2, -0.15) is 0 Å². The number of carbonyl (C=O) groups is 1. The Morgan fingerprint density at radius 3 is 2.82 bits per heavy atom. The van der Waals surface area contributed by atoms with Crippen molar-refractivity contribution in [2.45, 2.75) is 13.5 Å². The highest BCUT2D eigenvalue weighted by molar-refractivity contribution is 8.14. The molecule has 1 aliphatic heterocycles. The zero-order valence-electron chi connectivity index (χ0n) is 9.69. The van der Waals surface area contributed by atoms with Crippen LogP contribution in [0.25, 0.3) is 0 Å². The maximum Gasteiger partial charge on any atom is 0.321 e. The number of urea groups is 1. The third kappa shape index (κ3) is 3.78. The van der Waals surface area contributed by atoms with Crippen LogP contribution in [0.2, 0.25) is 0 Å². The van der Waals surface area contributed by atoms with Crippen molar-refractivity contribution >= 4 is 23.0 Å². The Hall–Kier alpha value is -1.49. The van der Waals surface area contributed by atoms with E-state index in [9.17, 15) is 4.79 Å². The topological polar surface area (TPSA) is 53.5 Å². The molecule has 2 N–H and O–H groups in total. The molecule has 0 atom stereocenters. The number of amides is 2. The van der Waals surface area contributed by atoms with E-state index < -0.39 is 0 Å². The fraction of sp³-hybridized carbons (Fsp3) is 0.333. The van der Waals surface area contributed by atoms with Crippen LogP contribution in [0.4, 0.5) is 4.79 Å². The van der Waals surface area contributed by atoms with Crippen molar-refractivity contribution in [2.24, 2.45) is 4.99 Å². The predicted molar refractivity (Wildman–Crippen MR) is 71.3 cm³/mol. The molecule has 0 spiro atoms. The summed E-state index contributed by atoms with van der Waals surface area (Å²) in [6, 6.07) is 7.89. The molecule has 0 aromatic heterocycles. The fourth-order valence-electron chi connectivity index (χ4n) is 1.44. The van der Waals surface area contributed by atoms with Gasteiger partial charge in [-0.3, -0.25) is 10.3 Å². The first-order valence-corrected chi connectivity index (χ1v) is 6.50. The van der Waals surface area contributed by atoms with Gasteiger partial charge in [0.05, 0.1) is 6.54 Å². The van der Waals surface area contributed by atoms with Gasteiger partial charge in [0.25, 0.3) is 0 Å². The summed E-state index contributed by atoms with van der Waals surface area (Å²) in [5, 5.41) is 6.24. The third-order valence-corrected chi connectivity index (χ3v) is 3.27. The monoisotopic (exact) mass is 249 g/mol. The number of hydrogen-bond acceptors (Lipinski definition) is 3. The van der Waals surface area contributed by atoms with Gasteiger partial charge in [0.15, 0.2) is 5.17 Å². The predicted octanol–water partition coefficient (Wildman–Crippen LogP) is 1.90. The van der Waals surface area contributed by atoms with Crippen LogP contribution < -0.4 is 10.6 Å². The Morgan fingerprint density at radius 2 is 2.18 bits per heavy atom. The van der Waals surface area contributed by atoms with E-state index in [-0.39, 0.29) is 6.03 Å². The summed E-state index contributed by atoms with van der Waals surface area (Å²) in [6.07, 6.45) is 0. The normalized spacial score (nSPS) is 14.3. The molecule has 2 amide bonds. The number of amidine groups is 1. The number of benzene rings is 1. The number of rotatable bonds is 2. The quantitative estimate of drug-likeness (QED) is 0.841. The molecule has 0 unspecified atom stereocenters. The van der Waals surface area contributed by atoms with Gasteiger partial charge in [0.1, 0.15) is 0 Å². The lowest BCUT2D eigenvalue weighted by Gasteiger charge is -2.07. The van der Waals surface area contributed by atoms with Crippen molar-refractivity contribution in [2.75, 3.05) is 12.3 Å². The van der Waals surface area contributed by atoms with Crippen LogP contribution in [-0.4, -0.2) is 23.5 Å². The number of hydrogen-bond donors (Lipinski definition) is 2. The average molecular weight is 249 g/mol. The van der Waals surface area contributed by atoms with Gasteiger partial charge >= 0.3 is 6.03 Å². The standard InChI is InChI=1S/C12H15N3OS/c1-9-2-4-10(5-3-9)8-14-11(16)15-12-13-6-7-17-12/h2-5H,6-8H2,1H3,(H2,13,14,15,16). The fourth-order valence-corrected chi connectivity index (χ4v) is 2.16. The van der Waals surface area contributed by atoms with Crippen LogP contribution in [0.3, 0.4) is 0 Å². The largest absolute Gasteiger partial charge is 0.334 e. The molecular formula is C12H15N3OS. The van der Waals surface area contributed by atoms with Gasteiger partial charge in [-0.25, -0.2) is 4.79 Å². The maximum absolute atomic E-state index is 11.5. The molecule has 0 saturated carbocycles. The van der Waals surface area contributed by atoms with E-state index >= 15 is 0 Å². The number of nitrogens with zero attached hydrogens (tertiary/aromatic N) is 1. The Morgan fingerprint density at radius 1 is 1.41 bits per heavy atom. The van der Waals surface area contributed by atoms with Crippen molar-refractivity contribution < 1.29 is 4.79 Å². The zero-order chi connectivity index (χ0) is 12.1. The second kappa shape index (κ2) is 5.72. The van der Waals surface area contributed by atoms with Crippen molar-refractivity contribution in [3.8, 4) is 0 Å². The summed E-state index contributed by atoms with van der Waals surface area (Å²) in [6.45, 7) is 3.36. The molecule has 1 aromatic carbocycles. The van der Waals surface area contributed by atoms with E-state index in [0.29, 0.717) is 11.7 Å². The number of aryl methyl sites for hydroxylation is 1. The Bertz CT molecular complexity index is 428. The summed E-state index contributed by atoms with van der Waals surface area (Å²) < 4.78 is 0. The molecule has 1 aliphatic rings. The van der Waals surface area contributed by atoms with E-state index in [1.54, 1.807) is 11.8 Å². The molecule has 1 aromatic rings. The number of thioether (sulfide) groups is 1. The number of nitrogens with one attached hydrogen (secondary N) is 2. The second-order valence-corrected chi connectivity index (χ2v) is 4.91. The molecule has 0 radical (unpaired) electrons. The summed E-state index contributed by atoms with van der Waals surface area (Å²) >= 11 is 1.57. The van der Waals surface area contributed by atoms with E-state index in [1.807, 2.05) is 31.2 Å². The highest BCUT2D eigenvalue weighted by Gasteiger charge is 2.09. The summed E-state index contributed by atoms with van der Waals surface area (Å²) in [5.74, 6) is 0.952. The van der Waals surface area contributed by atoms with Gasteiger partial charge in [0, 0.05) is 12.3 Å². The highest BCUT2D eigenvalue weighted by atomic mass is 32.2. The van der Waals surface area contributed by atoms with Crippen LogP contribution in [0, 0.1) is 6.92 Å². The van der Waals surface area contributed by atoms with Crippen molar-refractivity contribution in [3.05, 3.63) is 35.4 Å². The Labute approximate surface area is 105 Å². The lowest BCUT2D eigenvalue weighted by molar-refractivity contribution is 0.245. The molecular weight excluding hydrogens is 234 g/mol. The van der Waals surface area contributed by atoms with Crippen molar-refractivity contribution in [3.63, 3.8) is 0 Å². The van der Waals surface area contributed by atoms with E-state index in [2.05, 4.69) is 15.6 Å². The Balaban J connectivity index is 1.77. The van der Waals surface area contributed by atoms with Crippen LogP contribution in [0.15, 0.2) is 29.3 Å². The first-order valence-electron chi connectivity index (χ1n) is 5.52. The minimum Gasteiger partial charge on any atom is -0.334 e. The maximum atomic E-state index is 11.5. The molecule has 1 heterocycles. The molecule has 4 nitrogen and oxygen atoms in total. The molecule has 17 heavy (non-hydrogen) atoms. The van der Waals surface area contributed by atoms with Gasteiger partial charge in [-0.1, -0.05) is 41.6 Å². The smallest absolute Gasteiger partial charge is 0.321 e. The lowest BCUT2D eigenvalue weighted by atomic mass is 10.1. The summed E-state index contributed by atoms with van der Waals surface area (Å²) in [7, 11) is 0. The molecule has 0 fully saturated rings. The van der Waals surface area contributed by atoms with Crippen LogP contribution in [0.1, 0.15) is 11.1 Å². The minimum absolute atomic E-state index is 0.196. The number of carbonyl (C=O) groups excluding carboxylic acids is 1. The third-order valence-electron chi connectivity index (χ3n) is 2.38. The van der Waals surface area contributed by atoms with Gasteiger partial charge < -0.3 is 5.32 Å². The lowest BCUT2D eigenvalue weighted by Crippen LogP contribution is -2.37. The Kier molecular flexibility index (Phi) is 4.03. The van der Waals surface area contributed by atoms with Crippen LogP contribution in [0.5, 0.6) is 0 Å². The second-order valence-electron chi connectivity index (χ2n) is 3.83. The molecule has 0 saturated heterocycles. The minimum atomic E-state index is -0.196. The number of aliphatic imine (C=N–C) groups is 1. The van der Waals surface area contributed by atoms with E-state index in [4.69, 9.17) is 0 Å². The SMILES string of the molecule is Cc1ccc(CNC(=O)NC2=NCCS2)cc1. The van der Waals surface area contributed by atoms with E-state index in [0.717, 1.165) is 17.9 Å². The molecule has 5 heteroatoms. The summed E-state index contributed by atoms with van der Waals surface area (Å²) in [4.78, 5) is 15.7. The first kappa shape index (κ1) is 12.0. The van der Waals surface area contributed by atoms with Crippen molar-refractivity contribution in [1.82, 2.24) is 10.6 Å². The van der Waals surface area contributed by atoms with Crippen LogP contribution >= 0.6 is 11.8 Å². The van der Waals surface area contributed by atoms with Crippen LogP contribution in [-0.2, 0) is 6.54 Å². The first-order chi connectivity index (χ1) is 8.24. The summed E-state index contributed by atoms with van der Waals surface area (Å²) in [5.41, 5.74) is 2.31. The van der Waals surface area contributed by atoms with Gasteiger partial charge in [-0.15, -0.1) is 0 Å². The van der Waals surface area contributed by atoms with Gasteiger partial charge in [-0.05, 0) is 12.5 Å². The molecule has 90 valence electrons. The van der Waals surface area contributed by atoms with Gasteiger partial charge in [0.2, 0.25) is 0 Å². The van der Waals surface area contributed by atoms with E-state index in [1.165, 1.54) is 5.56 Å². The highest BCUT2D eigenvalue weighted by Crippen LogP contribution is 2.08. The molecule has 0 aliphatic carbocycles. The zero-order valence-corrected chi connectivity index (χ0v) is 10.5. The molecule has 2 rings (SSSR count). The molecule has 0 bridgehead atoms. The van der Waals surface area contributed by atoms with Crippen molar-refractivity contribution in [1.29, 1.82) is 0 Å². The average Bonchev–Trinajstić information content (AvgIpc) is 2.81.